The van der Waals surface area contributed by atoms with Crippen molar-refractivity contribution in [1.82, 2.24) is 0 Å². The number of para-hydroxylation sites is 1. The highest BCUT2D eigenvalue weighted by Gasteiger charge is 2.15. The van der Waals surface area contributed by atoms with Crippen LogP contribution in [0.15, 0.2) is 18.2 Å². The molecule has 0 heterocycles. The van der Waals surface area contributed by atoms with Crippen molar-refractivity contribution in [3.05, 3.63) is 33.9 Å². The van der Waals surface area contributed by atoms with Crippen LogP contribution in [0.3, 0.4) is 0 Å². The second kappa shape index (κ2) is 7.70. The third-order valence-electron chi connectivity index (χ3n) is 2.51. The highest BCUT2D eigenvalue weighted by Crippen LogP contribution is 2.28. The summed E-state index contributed by atoms with van der Waals surface area (Å²) < 4.78 is 10.8. The number of nitro benzene ring substituents is 1. The Balaban J connectivity index is 2.58. The molecule has 106 valence electrons. The van der Waals surface area contributed by atoms with E-state index in [1.165, 1.54) is 6.07 Å². The Morgan fingerprint density at radius 2 is 2.11 bits per heavy atom. The minimum atomic E-state index is -0.406. The van der Waals surface area contributed by atoms with Gasteiger partial charge in [0.2, 0.25) is 0 Å². The van der Waals surface area contributed by atoms with Crippen LogP contribution in [-0.2, 0) is 16.1 Å². The Bertz CT molecular complexity index is 421. The zero-order chi connectivity index (χ0) is 14.3. The fourth-order valence-corrected chi connectivity index (χ4v) is 1.67. The molecule has 0 aliphatic heterocycles. The number of nitrogens with one attached hydrogen (secondary N) is 1. The van der Waals surface area contributed by atoms with Gasteiger partial charge in [-0.15, -0.1) is 0 Å². The van der Waals surface area contributed by atoms with E-state index >= 15 is 0 Å². The zero-order valence-corrected chi connectivity index (χ0v) is 11.5. The van der Waals surface area contributed by atoms with Gasteiger partial charge in [0, 0.05) is 18.7 Å². The third-order valence-corrected chi connectivity index (χ3v) is 2.51. The van der Waals surface area contributed by atoms with Crippen LogP contribution in [0.2, 0.25) is 0 Å². The normalized spacial score (nSPS) is 10.7. The van der Waals surface area contributed by atoms with Crippen molar-refractivity contribution >= 4 is 11.4 Å². The predicted octanol–water partition coefficient (Wildman–Crippen LogP) is 2.58. The van der Waals surface area contributed by atoms with Crippen molar-refractivity contribution in [2.75, 3.05) is 25.6 Å². The van der Waals surface area contributed by atoms with Crippen molar-refractivity contribution in [2.45, 2.75) is 26.6 Å². The van der Waals surface area contributed by atoms with Crippen LogP contribution in [0.1, 0.15) is 19.4 Å². The van der Waals surface area contributed by atoms with E-state index < -0.39 is 4.92 Å². The number of benzene rings is 1. The van der Waals surface area contributed by atoms with Gasteiger partial charge in [-0.1, -0.05) is 12.1 Å². The van der Waals surface area contributed by atoms with Gasteiger partial charge in [-0.05, 0) is 13.8 Å². The summed E-state index contributed by atoms with van der Waals surface area (Å²) in [7, 11) is 1.66. The van der Waals surface area contributed by atoms with Gasteiger partial charge >= 0.3 is 0 Å². The van der Waals surface area contributed by atoms with Gasteiger partial charge in [0.1, 0.15) is 5.69 Å². The molecule has 1 N–H and O–H groups in total. The van der Waals surface area contributed by atoms with Crippen molar-refractivity contribution in [2.24, 2.45) is 0 Å². The first-order chi connectivity index (χ1) is 9.06. The molecule has 0 aliphatic carbocycles. The van der Waals surface area contributed by atoms with Crippen molar-refractivity contribution < 1.29 is 14.4 Å². The van der Waals surface area contributed by atoms with Crippen LogP contribution in [0.4, 0.5) is 11.4 Å². The lowest BCUT2D eigenvalue weighted by Gasteiger charge is -2.11. The summed E-state index contributed by atoms with van der Waals surface area (Å²) in [6.07, 6.45) is 0.175. The average Bonchev–Trinajstić information content (AvgIpc) is 2.37. The largest absolute Gasteiger partial charge is 0.382 e. The van der Waals surface area contributed by atoms with Crippen molar-refractivity contribution in [3.8, 4) is 0 Å². The van der Waals surface area contributed by atoms with E-state index in [9.17, 15) is 10.1 Å². The minimum absolute atomic E-state index is 0.0574. The Morgan fingerprint density at radius 3 is 2.68 bits per heavy atom. The van der Waals surface area contributed by atoms with Crippen LogP contribution in [0, 0.1) is 10.1 Å². The Hall–Kier alpha value is -1.66. The van der Waals surface area contributed by atoms with E-state index in [-0.39, 0.29) is 11.8 Å². The van der Waals surface area contributed by atoms with E-state index in [0.29, 0.717) is 25.5 Å². The van der Waals surface area contributed by atoms with Crippen molar-refractivity contribution in [1.29, 1.82) is 0 Å². The molecule has 0 atom stereocenters. The summed E-state index contributed by atoms with van der Waals surface area (Å²) in [5, 5.41) is 13.7. The topological polar surface area (TPSA) is 73.6 Å². The first-order valence-corrected chi connectivity index (χ1v) is 6.19. The average molecular weight is 268 g/mol. The molecule has 19 heavy (non-hydrogen) atoms. The molecule has 0 bridgehead atoms. The van der Waals surface area contributed by atoms with Crippen LogP contribution >= 0.6 is 0 Å². The summed E-state index contributed by atoms with van der Waals surface area (Å²) in [5.74, 6) is 0. The number of hydrogen-bond acceptors (Lipinski definition) is 5. The summed E-state index contributed by atoms with van der Waals surface area (Å²) >= 11 is 0. The molecule has 6 heteroatoms. The Morgan fingerprint density at radius 1 is 1.37 bits per heavy atom. The second-order valence-electron chi connectivity index (χ2n) is 4.29. The van der Waals surface area contributed by atoms with E-state index in [1.807, 2.05) is 19.9 Å². The molecule has 0 fully saturated rings. The smallest absolute Gasteiger partial charge is 0.292 e. The van der Waals surface area contributed by atoms with E-state index in [0.717, 1.165) is 5.56 Å². The monoisotopic (exact) mass is 268 g/mol. The zero-order valence-electron chi connectivity index (χ0n) is 11.5. The summed E-state index contributed by atoms with van der Waals surface area (Å²) in [5.41, 5.74) is 1.32. The third kappa shape index (κ3) is 4.84. The molecule has 0 aliphatic rings. The maximum atomic E-state index is 10.9. The maximum Gasteiger partial charge on any atom is 0.292 e. The molecule has 0 saturated carbocycles. The fourth-order valence-electron chi connectivity index (χ4n) is 1.67. The number of anilines is 1. The second-order valence-corrected chi connectivity index (χ2v) is 4.29. The number of nitro groups is 1. The van der Waals surface area contributed by atoms with Gasteiger partial charge in [-0.3, -0.25) is 10.1 Å². The molecule has 1 aromatic carbocycles. The molecule has 6 nitrogen and oxygen atoms in total. The first kappa shape index (κ1) is 15.4. The molecule has 0 amide bonds. The van der Waals surface area contributed by atoms with Gasteiger partial charge < -0.3 is 14.8 Å². The molecule has 0 radical (unpaired) electrons. The highest BCUT2D eigenvalue weighted by atomic mass is 16.6. The summed E-state index contributed by atoms with van der Waals surface area (Å²) in [6.45, 7) is 5.21. The molecule has 0 spiro atoms. The van der Waals surface area contributed by atoms with Crippen LogP contribution in [0.5, 0.6) is 0 Å². The molecule has 0 aromatic heterocycles. The number of rotatable bonds is 8. The van der Waals surface area contributed by atoms with Gasteiger partial charge in [0.15, 0.2) is 0 Å². The van der Waals surface area contributed by atoms with Gasteiger partial charge in [0.05, 0.1) is 30.8 Å². The molecule has 1 rings (SSSR count). The standard InChI is InChI=1S/C13H20N2O4/c1-10(2)19-8-7-18-9-11-5-4-6-12(15(16)17)13(11)14-3/h4-6,10,14H,7-9H2,1-3H3. The summed E-state index contributed by atoms with van der Waals surface area (Å²) in [6, 6.07) is 4.93. The molecule has 1 aromatic rings. The lowest BCUT2D eigenvalue weighted by molar-refractivity contribution is -0.384. The maximum absolute atomic E-state index is 10.9. The van der Waals surface area contributed by atoms with Crippen molar-refractivity contribution in [3.63, 3.8) is 0 Å². The van der Waals surface area contributed by atoms with Gasteiger partial charge in [-0.25, -0.2) is 0 Å². The SMILES string of the molecule is CNc1c(COCCOC(C)C)cccc1[N+](=O)[O-]. The van der Waals surface area contributed by atoms with Crippen LogP contribution in [0.25, 0.3) is 0 Å². The number of ether oxygens (including phenoxy) is 2. The quantitative estimate of drug-likeness (QED) is 0.445. The van der Waals surface area contributed by atoms with Gasteiger partial charge in [-0.2, -0.15) is 0 Å². The summed E-state index contributed by atoms with van der Waals surface area (Å²) in [4.78, 5) is 10.5. The van der Waals surface area contributed by atoms with Gasteiger partial charge in [0.25, 0.3) is 5.69 Å². The lowest BCUT2D eigenvalue weighted by Crippen LogP contribution is -2.10. The Labute approximate surface area is 112 Å². The first-order valence-electron chi connectivity index (χ1n) is 6.19. The predicted molar refractivity (Wildman–Crippen MR) is 73.4 cm³/mol. The Kier molecular flexibility index (Phi) is 6.24. The van der Waals surface area contributed by atoms with Crippen LogP contribution < -0.4 is 5.32 Å². The van der Waals surface area contributed by atoms with E-state index in [1.54, 1.807) is 13.1 Å². The van der Waals surface area contributed by atoms with E-state index in [2.05, 4.69) is 5.32 Å². The number of nitrogens with zero attached hydrogens (tertiary/aromatic N) is 1. The highest BCUT2D eigenvalue weighted by molar-refractivity contribution is 5.65. The molecule has 0 unspecified atom stereocenters. The number of hydrogen-bond donors (Lipinski definition) is 1. The fraction of sp³-hybridized carbons (Fsp3) is 0.538. The van der Waals surface area contributed by atoms with E-state index in [4.69, 9.17) is 9.47 Å². The lowest BCUT2D eigenvalue weighted by atomic mass is 10.1. The molecular formula is C13H20N2O4. The minimum Gasteiger partial charge on any atom is -0.382 e. The molecule has 0 saturated heterocycles. The van der Waals surface area contributed by atoms with Crippen LogP contribution in [-0.4, -0.2) is 31.3 Å². The molecular weight excluding hydrogens is 248 g/mol.